The fourth-order valence-electron chi connectivity index (χ4n) is 5.10. The van der Waals surface area contributed by atoms with Gasteiger partial charge in [-0.1, -0.05) is 42.5 Å². The van der Waals surface area contributed by atoms with Gasteiger partial charge in [-0.3, -0.25) is 14.5 Å². The number of hydrogen-bond donors (Lipinski definition) is 0. The highest BCUT2D eigenvalue weighted by Gasteiger charge is 2.31. The number of amides is 2. The Labute approximate surface area is 178 Å². The largest absolute Gasteiger partial charge is 0.337 e. The molecular formula is C25H29N3O2. The molecule has 5 heteroatoms. The maximum Gasteiger partial charge on any atom is 0.254 e. The summed E-state index contributed by atoms with van der Waals surface area (Å²) in [6.07, 6.45) is 3.06. The molecule has 1 fully saturated rings. The van der Waals surface area contributed by atoms with E-state index in [2.05, 4.69) is 35.2 Å². The van der Waals surface area contributed by atoms with Crippen LogP contribution < -0.4 is 0 Å². The third-order valence-corrected chi connectivity index (χ3v) is 6.92. The number of rotatable bonds is 4. The number of benzene rings is 2. The van der Waals surface area contributed by atoms with Crippen LogP contribution in [0.4, 0.5) is 0 Å². The average Bonchev–Trinajstić information content (AvgIpc) is 3.10. The molecule has 0 aliphatic carbocycles. The molecule has 2 amide bonds. The maximum absolute atomic E-state index is 12.8. The lowest BCUT2D eigenvalue weighted by Gasteiger charge is -2.35. The number of piperidine rings is 1. The van der Waals surface area contributed by atoms with Gasteiger partial charge < -0.3 is 9.80 Å². The Hall–Kier alpha value is -2.66. The SMILES string of the molecule is O=C(CN1CCC(CN2Cc3ccccc3C2=O)CC1)N1CCc2ccccc2C1. The second-order valence-corrected chi connectivity index (χ2v) is 8.90. The number of carbonyl (C=O) groups excluding carboxylic acids is 2. The summed E-state index contributed by atoms with van der Waals surface area (Å²) < 4.78 is 0. The summed E-state index contributed by atoms with van der Waals surface area (Å²) in [5, 5.41) is 0. The molecule has 3 heterocycles. The van der Waals surface area contributed by atoms with E-state index in [1.165, 1.54) is 11.1 Å². The van der Waals surface area contributed by atoms with Gasteiger partial charge in [0.1, 0.15) is 0 Å². The first-order valence-corrected chi connectivity index (χ1v) is 11.1. The number of nitrogens with zero attached hydrogens (tertiary/aromatic N) is 3. The minimum Gasteiger partial charge on any atom is -0.337 e. The summed E-state index contributed by atoms with van der Waals surface area (Å²) in [4.78, 5) is 31.7. The molecule has 30 heavy (non-hydrogen) atoms. The Bertz CT molecular complexity index is 949. The van der Waals surface area contributed by atoms with E-state index in [1.54, 1.807) is 0 Å². The maximum atomic E-state index is 12.8. The van der Waals surface area contributed by atoms with Gasteiger partial charge in [-0.2, -0.15) is 0 Å². The third kappa shape index (κ3) is 3.86. The topological polar surface area (TPSA) is 43.9 Å². The van der Waals surface area contributed by atoms with Crippen molar-refractivity contribution in [3.63, 3.8) is 0 Å². The molecule has 0 N–H and O–H groups in total. The van der Waals surface area contributed by atoms with E-state index in [0.717, 1.165) is 69.7 Å². The second-order valence-electron chi connectivity index (χ2n) is 8.90. The van der Waals surface area contributed by atoms with Crippen LogP contribution in [0, 0.1) is 5.92 Å². The molecule has 0 unspecified atom stereocenters. The first-order valence-electron chi connectivity index (χ1n) is 11.1. The van der Waals surface area contributed by atoms with Crippen molar-refractivity contribution in [2.75, 3.05) is 32.7 Å². The van der Waals surface area contributed by atoms with E-state index in [9.17, 15) is 9.59 Å². The first kappa shape index (κ1) is 19.3. The molecule has 156 valence electrons. The summed E-state index contributed by atoms with van der Waals surface area (Å²) in [7, 11) is 0. The molecule has 0 radical (unpaired) electrons. The van der Waals surface area contributed by atoms with Crippen molar-refractivity contribution >= 4 is 11.8 Å². The zero-order valence-electron chi connectivity index (χ0n) is 17.4. The van der Waals surface area contributed by atoms with Crippen LogP contribution in [0.15, 0.2) is 48.5 Å². The van der Waals surface area contributed by atoms with Gasteiger partial charge in [0.2, 0.25) is 5.91 Å². The Balaban J connectivity index is 1.09. The zero-order valence-corrected chi connectivity index (χ0v) is 17.4. The molecule has 5 rings (SSSR count). The fourth-order valence-corrected chi connectivity index (χ4v) is 5.10. The monoisotopic (exact) mass is 403 g/mol. The average molecular weight is 404 g/mol. The molecule has 0 bridgehead atoms. The smallest absolute Gasteiger partial charge is 0.254 e. The molecule has 2 aromatic carbocycles. The van der Waals surface area contributed by atoms with Crippen molar-refractivity contribution in [1.29, 1.82) is 0 Å². The van der Waals surface area contributed by atoms with Crippen LogP contribution in [0.3, 0.4) is 0 Å². The normalized spacial score (nSPS) is 19.7. The first-order chi connectivity index (χ1) is 14.7. The predicted molar refractivity (Wildman–Crippen MR) is 116 cm³/mol. The Morgan fingerprint density at radius 2 is 1.57 bits per heavy atom. The molecule has 0 atom stereocenters. The Kier molecular flexibility index (Phi) is 5.30. The van der Waals surface area contributed by atoms with Crippen molar-refractivity contribution in [3.8, 4) is 0 Å². The van der Waals surface area contributed by atoms with E-state index in [-0.39, 0.29) is 11.8 Å². The molecule has 1 saturated heterocycles. The minimum atomic E-state index is 0.175. The summed E-state index contributed by atoms with van der Waals surface area (Å²) in [6, 6.07) is 16.4. The van der Waals surface area contributed by atoms with Crippen LogP contribution in [0.25, 0.3) is 0 Å². The van der Waals surface area contributed by atoms with Gasteiger partial charge in [-0.15, -0.1) is 0 Å². The number of likely N-dealkylation sites (tertiary alicyclic amines) is 1. The molecule has 3 aliphatic rings. The van der Waals surface area contributed by atoms with Crippen LogP contribution in [-0.2, 0) is 24.3 Å². The van der Waals surface area contributed by atoms with E-state index >= 15 is 0 Å². The Morgan fingerprint density at radius 1 is 0.867 bits per heavy atom. The quantitative estimate of drug-likeness (QED) is 0.788. The van der Waals surface area contributed by atoms with Gasteiger partial charge in [0, 0.05) is 31.7 Å². The van der Waals surface area contributed by atoms with Gasteiger partial charge in [0.05, 0.1) is 6.54 Å². The molecule has 5 nitrogen and oxygen atoms in total. The van der Waals surface area contributed by atoms with Crippen molar-refractivity contribution in [1.82, 2.24) is 14.7 Å². The van der Waals surface area contributed by atoms with Crippen molar-refractivity contribution < 1.29 is 9.59 Å². The summed E-state index contributed by atoms with van der Waals surface area (Å²) in [6.45, 7) is 5.53. The van der Waals surface area contributed by atoms with Gasteiger partial charge in [0.15, 0.2) is 0 Å². The standard InChI is InChI=1S/C25H29N3O2/c29-24(27-14-11-20-5-1-2-6-21(20)16-27)18-26-12-9-19(10-13-26)15-28-17-22-7-3-4-8-23(22)25(28)30/h1-8,19H,9-18H2. The van der Waals surface area contributed by atoms with Crippen LogP contribution in [0.2, 0.25) is 0 Å². The number of fused-ring (bicyclic) bond motifs is 2. The summed E-state index contributed by atoms with van der Waals surface area (Å²) in [5.74, 6) is 0.943. The van der Waals surface area contributed by atoms with E-state index in [0.29, 0.717) is 12.5 Å². The highest BCUT2D eigenvalue weighted by Crippen LogP contribution is 2.26. The van der Waals surface area contributed by atoms with E-state index in [1.807, 2.05) is 28.0 Å². The van der Waals surface area contributed by atoms with Gasteiger partial charge in [-0.05, 0) is 61.0 Å². The van der Waals surface area contributed by atoms with Crippen molar-refractivity contribution in [2.45, 2.75) is 32.4 Å². The minimum absolute atomic E-state index is 0.175. The molecule has 0 aromatic heterocycles. The predicted octanol–water partition coefficient (Wildman–Crippen LogP) is 2.94. The van der Waals surface area contributed by atoms with Gasteiger partial charge >= 0.3 is 0 Å². The number of carbonyl (C=O) groups is 2. The molecule has 3 aliphatic heterocycles. The van der Waals surface area contributed by atoms with E-state index < -0.39 is 0 Å². The van der Waals surface area contributed by atoms with Crippen LogP contribution in [0.5, 0.6) is 0 Å². The third-order valence-electron chi connectivity index (χ3n) is 6.92. The van der Waals surface area contributed by atoms with Crippen molar-refractivity contribution in [2.24, 2.45) is 5.92 Å². The van der Waals surface area contributed by atoms with Gasteiger partial charge in [-0.25, -0.2) is 0 Å². The highest BCUT2D eigenvalue weighted by atomic mass is 16.2. The number of hydrogen-bond acceptors (Lipinski definition) is 3. The van der Waals surface area contributed by atoms with Crippen molar-refractivity contribution in [3.05, 3.63) is 70.8 Å². The Morgan fingerprint density at radius 3 is 2.33 bits per heavy atom. The molecule has 0 spiro atoms. The molecular weight excluding hydrogens is 374 g/mol. The molecule has 2 aromatic rings. The van der Waals surface area contributed by atoms with Crippen LogP contribution in [0.1, 0.15) is 39.9 Å². The zero-order chi connectivity index (χ0) is 20.5. The van der Waals surface area contributed by atoms with Crippen LogP contribution >= 0.6 is 0 Å². The fraction of sp³-hybridized carbons (Fsp3) is 0.440. The van der Waals surface area contributed by atoms with E-state index in [4.69, 9.17) is 0 Å². The lowest BCUT2D eigenvalue weighted by Crippen LogP contribution is -2.46. The summed E-state index contributed by atoms with van der Waals surface area (Å²) >= 11 is 0. The van der Waals surface area contributed by atoms with Gasteiger partial charge in [0.25, 0.3) is 5.91 Å². The highest BCUT2D eigenvalue weighted by molar-refractivity contribution is 5.98. The second kappa shape index (κ2) is 8.23. The lowest BCUT2D eigenvalue weighted by atomic mass is 9.96. The van der Waals surface area contributed by atoms with Crippen LogP contribution in [-0.4, -0.2) is 59.2 Å². The molecule has 0 saturated carbocycles. The lowest BCUT2D eigenvalue weighted by molar-refractivity contribution is -0.133. The summed E-state index contributed by atoms with van der Waals surface area (Å²) in [5.41, 5.74) is 4.67.